The van der Waals surface area contributed by atoms with Crippen LogP contribution in [0.1, 0.15) is 37.6 Å². The summed E-state index contributed by atoms with van der Waals surface area (Å²) in [4.78, 5) is 16.1. The molecule has 0 radical (unpaired) electrons. The molecule has 0 aliphatic rings. The van der Waals surface area contributed by atoms with Crippen molar-refractivity contribution in [1.29, 1.82) is 0 Å². The molecule has 5 heteroatoms. The zero-order valence-electron chi connectivity index (χ0n) is 12.1. The molecule has 108 valence electrons. The highest BCUT2D eigenvalue weighted by Gasteiger charge is 2.27. The summed E-state index contributed by atoms with van der Waals surface area (Å²) in [6.07, 6.45) is 6.05. The average Bonchev–Trinajstić information content (AvgIpc) is 2.91. The van der Waals surface area contributed by atoms with Gasteiger partial charge in [-0.3, -0.25) is 4.79 Å². The molecule has 2 aromatic heterocycles. The number of rotatable bonds is 5. The summed E-state index contributed by atoms with van der Waals surface area (Å²) < 4.78 is 1.84. The Balaban J connectivity index is 2.04. The van der Waals surface area contributed by atoms with Crippen molar-refractivity contribution >= 4 is 11.4 Å². The fourth-order valence-corrected chi connectivity index (χ4v) is 2.04. The number of fused-ring (bicyclic) bond motifs is 1. The summed E-state index contributed by atoms with van der Waals surface area (Å²) in [5.74, 6) is -0.0580. The maximum Gasteiger partial charge on any atom is 0.251 e. The number of carbonyl (C=O) groups excluding carboxylic acids is 1. The monoisotopic (exact) mass is 275 g/mol. The zero-order chi connectivity index (χ0) is 14.8. The van der Waals surface area contributed by atoms with Crippen molar-refractivity contribution in [2.24, 2.45) is 5.92 Å². The number of pyridine rings is 1. The van der Waals surface area contributed by atoms with Gasteiger partial charge in [-0.05, 0) is 25.0 Å². The van der Waals surface area contributed by atoms with Gasteiger partial charge in [0.2, 0.25) is 0 Å². The van der Waals surface area contributed by atoms with Crippen LogP contribution in [0.2, 0.25) is 0 Å². The molecule has 0 saturated heterocycles. The summed E-state index contributed by atoms with van der Waals surface area (Å²) in [6, 6.07) is 3.52. The van der Waals surface area contributed by atoms with Crippen molar-refractivity contribution in [3.63, 3.8) is 0 Å². The molecule has 2 rings (SSSR count). The smallest absolute Gasteiger partial charge is 0.251 e. The first-order chi connectivity index (χ1) is 9.44. The van der Waals surface area contributed by atoms with Crippen LogP contribution in [0.3, 0.4) is 0 Å². The van der Waals surface area contributed by atoms with Gasteiger partial charge in [-0.15, -0.1) is 0 Å². The van der Waals surface area contributed by atoms with Gasteiger partial charge in [0.25, 0.3) is 5.91 Å². The maximum absolute atomic E-state index is 12.1. The Hall–Kier alpha value is -1.88. The number of imidazole rings is 1. The molecule has 0 aromatic carbocycles. The quantitative estimate of drug-likeness (QED) is 0.875. The highest BCUT2D eigenvalue weighted by Crippen LogP contribution is 2.19. The van der Waals surface area contributed by atoms with E-state index in [4.69, 9.17) is 0 Å². The molecule has 1 amide bonds. The molecule has 5 nitrogen and oxygen atoms in total. The van der Waals surface area contributed by atoms with E-state index < -0.39 is 5.60 Å². The van der Waals surface area contributed by atoms with E-state index in [2.05, 4.69) is 10.3 Å². The van der Waals surface area contributed by atoms with Crippen LogP contribution >= 0.6 is 0 Å². The number of hydrogen-bond acceptors (Lipinski definition) is 3. The summed E-state index contributed by atoms with van der Waals surface area (Å²) in [6.45, 7) is 5.99. The fraction of sp³-hybridized carbons (Fsp3) is 0.467. The minimum atomic E-state index is -0.898. The second-order valence-electron chi connectivity index (χ2n) is 5.49. The Bertz CT molecular complexity index is 604. The van der Waals surface area contributed by atoms with E-state index in [0.717, 1.165) is 11.9 Å². The van der Waals surface area contributed by atoms with Crippen molar-refractivity contribution < 1.29 is 9.90 Å². The van der Waals surface area contributed by atoms with Gasteiger partial charge < -0.3 is 14.8 Å². The van der Waals surface area contributed by atoms with Gasteiger partial charge in [-0.1, -0.05) is 20.3 Å². The van der Waals surface area contributed by atoms with Gasteiger partial charge in [-0.25, -0.2) is 4.98 Å². The summed E-state index contributed by atoms with van der Waals surface area (Å²) >= 11 is 0. The van der Waals surface area contributed by atoms with E-state index in [0.29, 0.717) is 5.56 Å². The van der Waals surface area contributed by atoms with Crippen molar-refractivity contribution in [3.05, 3.63) is 36.4 Å². The van der Waals surface area contributed by atoms with Crippen LogP contribution in [0.4, 0.5) is 0 Å². The second kappa shape index (κ2) is 5.63. The minimum absolute atomic E-state index is 0.125. The average molecular weight is 275 g/mol. The molecule has 20 heavy (non-hydrogen) atoms. The van der Waals surface area contributed by atoms with Gasteiger partial charge in [-0.2, -0.15) is 0 Å². The normalized spacial score (nSPS) is 15.8. The molecule has 0 aliphatic heterocycles. The number of nitrogens with one attached hydrogen (secondary N) is 1. The van der Waals surface area contributed by atoms with Gasteiger partial charge in [0, 0.05) is 18.3 Å². The highest BCUT2D eigenvalue weighted by atomic mass is 16.3. The number of nitrogens with zero attached hydrogens (tertiary/aromatic N) is 2. The van der Waals surface area contributed by atoms with Gasteiger partial charge in [0.05, 0.1) is 23.6 Å². The van der Waals surface area contributed by atoms with Crippen LogP contribution in [0, 0.1) is 5.92 Å². The Morgan fingerprint density at radius 1 is 1.60 bits per heavy atom. The van der Waals surface area contributed by atoms with Crippen LogP contribution in [0.25, 0.3) is 5.52 Å². The van der Waals surface area contributed by atoms with Gasteiger partial charge in [0.1, 0.15) is 0 Å². The number of aliphatic hydroxyl groups is 1. The summed E-state index contributed by atoms with van der Waals surface area (Å²) in [7, 11) is 0. The van der Waals surface area contributed by atoms with Crippen LogP contribution in [0.5, 0.6) is 0 Å². The molecule has 0 spiro atoms. The fourth-order valence-electron chi connectivity index (χ4n) is 2.04. The first-order valence-corrected chi connectivity index (χ1v) is 6.86. The molecule has 2 atom stereocenters. The first kappa shape index (κ1) is 14.5. The van der Waals surface area contributed by atoms with E-state index in [1.807, 2.05) is 18.2 Å². The van der Waals surface area contributed by atoms with Gasteiger partial charge >= 0.3 is 0 Å². The lowest BCUT2D eigenvalue weighted by molar-refractivity contribution is 0.00593. The molecule has 0 bridgehead atoms. The Labute approximate surface area is 118 Å². The van der Waals surface area contributed by atoms with E-state index in [1.165, 1.54) is 0 Å². The van der Waals surface area contributed by atoms with Crippen LogP contribution in [-0.4, -0.2) is 32.5 Å². The molecule has 2 N–H and O–H groups in total. The standard InChI is InChI=1S/C15H21N3O2/c1-4-11(2)15(3,20)9-17-14(19)12-5-6-18-10-16-8-13(18)7-12/h5-8,10-11,20H,4,9H2,1-3H3,(H,17,19). The van der Waals surface area contributed by atoms with Crippen LogP contribution in [-0.2, 0) is 0 Å². The Morgan fingerprint density at radius 3 is 3.05 bits per heavy atom. The molecular weight excluding hydrogens is 254 g/mol. The maximum atomic E-state index is 12.1. The number of aromatic nitrogens is 2. The molecule has 0 fully saturated rings. The first-order valence-electron chi connectivity index (χ1n) is 6.86. The molecule has 0 saturated carbocycles. The lowest BCUT2D eigenvalue weighted by atomic mass is 9.88. The van der Waals surface area contributed by atoms with E-state index in [1.54, 1.807) is 37.8 Å². The predicted octanol–water partition coefficient (Wildman–Crippen LogP) is 1.86. The molecule has 2 aromatic rings. The number of carbonyl (C=O) groups is 1. The Kier molecular flexibility index (Phi) is 4.09. The zero-order valence-corrected chi connectivity index (χ0v) is 12.1. The third-order valence-corrected chi connectivity index (χ3v) is 3.96. The predicted molar refractivity (Wildman–Crippen MR) is 77.6 cm³/mol. The third-order valence-electron chi connectivity index (χ3n) is 3.96. The largest absolute Gasteiger partial charge is 0.388 e. The third kappa shape index (κ3) is 2.99. The SMILES string of the molecule is CCC(C)C(C)(O)CNC(=O)c1ccn2cncc2c1. The van der Waals surface area contributed by atoms with E-state index in [9.17, 15) is 9.90 Å². The van der Waals surface area contributed by atoms with Crippen molar-refractivity contribution in [1.82, 2.24) is 14.7 Å². The van der Waals surface area contributed by atoms with Crippen LogP contribution in [0.15, 0.2) is 30.9 Å². The summed E-state index contributed by atoms with van der Waals surface area (Å²) in [5.41, 5.74) is 0.537. The highest BCUT2D eigenvalue weighted by molar-refractivity contribution is 5.95. The molecule has 2 heterocycles. The van der Waals surface area contributed by atoms with Crippen molar-refractivity contribution in [3.8, 4) is 0 Å². The van der Waals surface area contributed by atoms with E-state index >= 15 is 0 Å². The van der Waals surface area contributed by atoms with Gasteiger partial charge in [0.15, 0.2) is 0 Å². The second-order valence-corrected chi connectivity index (χ2v) is 5.49. The number of amides is 1. The lowest BCUT2D eigenvalue weighted by Crippen LogP contribution is -2.45. The lowest BCUT2D eigenvalue weighted by Gasteiger charge is -2.29. The topological polar surface area (TPSA) is 66.6 Å². The Morgan fingerprint density at radius 2 is 2.35 bits per heavy atom. The summed E-state index contributed by atoms with van der Waals surface area (Å²) in [5, 5.41) is 13.1. The van der Waals surface area contributed by atoms with Crippen molar-refractivity contribution in [2.75, 3.05) is 6.54 Å². The van der Waals surface area contributed by atoms with E-state index in [-0.39, 0.29) is 18.4 Å². The molecular formula is C15H21N3O2. The molecule has 2 unspecified atom stereocenters. The van der Waals surface area contributed by atoms with Crippen LogP contribution < -0.4 is 5.32 Å². The molecule has 0 aliphatic carbocycles. The number of hydrogen-bond donors (Lipinski definition) is 2. The minimum Gasteiger partial charge on any atom is -0.388 e. The van der Waals surface area contributed by atoms with Crippen molar-refractivity contribution in [2.45, 2.75) is 32.8 Å².